The second-order valence-corrected chi connectivity index (χ2v) is 7.77. The summed E-state index contributed by atoms with van der Waals surface area (Å²) in [6.07, 6.45) is 4.19. The topological polar surface area (TPSA) is 49.6 Å². The molecule has 5 heteroatoms. The number of rotatable bonds is 3. The van der Waals surface area contributed by atoms with Crippen LogP contribution in [0, 0.1) is 25.3 Å². The summed E-state index contributed by atoms with van der Waals surface area (Å²) in [4.78, 5) is 22.6. The SMILES string of the molecule is [C-]#[N+]c1ccc2c(c1)[C@H](Nc1ccc(C)cn1)[C@@H](C)[C@H](C1CC1)N2C(C)=O. The van der Waals surface area contributed by atoms with E-state index in [9.17, 15) is 4.79 Å². The van der Waals surface area contributed by atoms with Crippen LogP contribution in [0.15, 0.2) is 36.5 Å². The van der Waals surface area contributed by atoms with Gasteiger partial charge in [0.2, 0.25) is 5.91 Å². The molecular weight excluding hydrogens is 336 g/mol. The minimum atomic E-state index is 0.0121. The molecular formula is C22H24N4O. The molecule has 0 bridgehead atoms. The average Bonchev–Trinajstić information content (AvgIpc) is 3.49. The molecule has 1 amide bonds. The third kappa shape index (κ3) is 3.16. The van der Waals surface area contributed by atoms with Crippen LogP contribution < -0.4 is 10.2 Å². The van der Waals surface area contributed by atoms with Crippen LogP contribution >= 0.6 is 0 Å². The molecule has 0 saturated heterocycles. The van der Waals surface area contributed by atoms with Crippen molar-refractivity contribution in [2.24, 2.45) is 11.8 Å². The molecule has 138 valence electrons. The van der Waals surface area contributed by atoms with Crippen molar-refractivity contribution < 1.29 is 4.79 Å². The highest BCUT2D eigenvalue weighted by molar-refractivity contribution is 5.94. The molecule has 1 saturated carbocycles. The lowest BCUT2D eigenvalue weighted by molar-refractivity contribution is -0.117. The van der Waals surface area contributed by atoms with Crippen LogP contribution in [0.3, 0.4) is 0 Å². The first kappa shape index (κ1) is 17.5. The lowest BCUT2D eigenvalue weighted by Crippen LogP contribution is -2.51. The van der Waals surface area contributed by atoms with E-state index >= 15 is 0 Å². The molecule has 2 aliphatic rings. The Morgan fingerprint density at radius 3 is 2.67 bits per heavy atom. The number of anilines is 2. The van der Waals surface area contributed by atoms with Crippen LogP contribution in [0.25, 0.3) is 4.85 Å². The Morgan fingerprint density at radius 2 is 2.07 bits per heavy atom. The van der Waals surface area contributed by atoms with Crippen LogP contribution in [0.1, 0.15) is 43.9 Å². The summed E-state index contributed by atoms with van der Waals surface area (Å²) in [5.74, 6) is 1.66. The Kier molecular flexibility index (Phi) is 4.35. The number of benzene rings is 1. The fourth-order valence-electron chi connectivity index (χ4n) is 4.34. The lowest BCUT2D eigenvalue weighted by atomic mass is 9.79. The molecule has 0 radical (unpaired) electrons. The van der Waals surface area contributed by atoms with E-state index in [1.807, 2.05) is 48.4 Å². The van der Waals surface area contributed by atoms with E-state index in [1.54, 1.807) is 6.92 Å². The lowest BCUT2D eigenvalue weighted by Gasteiger charge is -2.46. The van der Waals surface area contributed by atoms with Crippen molar-refractivity contribution in [3.05, 3.63) is 59.1 Å². The van der Waals surface area contributed by atoms with Gasteiger partial charge in [0.05, 0.1) is 12.6 Å². The van der Waals surface area contributed by atoms with Crippen LogP contribution in [0.5, 0.6) is 0 Å². The van der Waals surface area contributed by atoms with Crippen molar-refractivity contribution in [3.63, 3.8) is 0 Å². The zero-order chi connectivity index (χ0) is 19.1. The molecule has 2 aromatic rings. The van der Waals surface area contributed by atoms with E-state index < -0.39 is 0 Å². The number of aryl methyl sites for hydroxylation is 1. The van der Waals surface area contributed by atoms with Crippen LogP contribution in [0.2, 0.25) is 0 Å². The maximum Gasteiger partial charge on any atom is 0.224 e. The molecule has 5 nitrogen and oxygen atoms in total. The molecule has 1 N–H and O–H groups in total. The number of hydrogen-bond donors (Lipinski definition) is 1. The molecule has 2 heterocycles. The number of pyridine rings is 1. The third-order valence-corrected chi connectivity index (χ3v) is 5.76. The number of amides is 1. The summed E-state index contributed by atoms with van der Waals surface area (Å²) < 4.78 is 0. The normalized spacial score (nSPS) is 24.1. The van der Waals surface area contributed by atoms with E-state index in [2.05, 4.69) is 22.1 Å². The van der Waals surface area contributed by atoms with Gasteiger partial charge in [-0.25, -0.2) is 9.83 Å². The maximum absolute atomic E-state index is 12.5. The van der Waals surface area contributed by atoms with E-state index in [1.165, 1.54) is 12.8 Å². The van der Waals surface area contributed by atoms with E-state index in [0.717, 1.165) is 22.6 Å². The number of carbonyl (C=O) groups excluding carboxylic acids is 1. The van der Waals surface area contributed by atoms with Crippen molar-refractivity contribution in [2.75, 3.05) is 10.2 Å². The quantitative estimate of drug-likeness (QED) is 0.794. The zero-order valence-corrected chi connectivity index (χ0v) is 15.9. The molecule has 0 spiro atoms. The summed E-state index contributed by atoms with van der Waals surface area (Å²) in [6.45, 7) is 13.3. The number of fused-ring (bicyclic) bond motifs is 1. The first-order valence-electron chi connectivity index (χ1n) is 9.50. The van der Waals surface area contributed by atoms with Gasteiger partial charge in [-0.1, -0.05) is 19.1 Å². The highest BCUT2D eigenvalue weighted by Gasteiger charge is 2.47. The smallest absolute Gasteiger partial charge is 0.224 e. The van der Waals surface area contributed by atoms with Crippen molar-refractivity contribution in [1.82, 2.24) is 4.98 Å². The summed E-state index contributed by atoms with van der Waals surface area (Å²) in [7, 11) is 0. The van der Waals surface area contributed by atoms with Crippen LogP contribution in [0.4, 0.5) is 17.2 Å². The largest absolute Gasteiger partial charge is 0.363 e. The van der Waals surface area contributed by atoms with Gasteiger partial charge in [-0.2, -0.15) is 0 Å². The maximum atomic E-state index is 12.5. The predicted octanol–water partition coefficient (Wildman–Crippen LogP) is 4.88. The van der Waals surface area contributed by atoms with E-state index in [4.69, 9.17) is 6.57 Å². The van der Waals surface area contributed by atoms with Gasteiger partial charge in [0, 0.05) is 30.8 Å². The summed E-state index contributed by atoms with van der Waals surface area (Å²) >= 11 is 0. The Labute approximate surface area is 160 Å². The number of nitrogens with one attached hydrogen (secondary N) is 1. The summed E-state index contributed by atoms with van der Waals surface area (Å²) in [5.41, 5.74) is 3.64. The molecule has 3 atom stereocenters. The molecule has 0 unspecified atom stereocenters. The Balaban J connectivity index is 1.81. The van der Waals surface area contributed by atoms with Gasteiger partial charge in [-0.05, 0) is 55.0 Å². The molecule has 1 aromatic heterocycles. The Bertz CT molecular complexity index is 911. The average molecular weight is 360 g/mol. The zero-order valence-electron chi connectivity index (χ0n) is 15.9. The number of hydrogen-bond acceptors (Lipinski definition) is 3. The number of carbonyl (C=O) groups is 1. The summed E-state index contributed by atoms with van der Waals surface area (Å²) in [5, 5.41) is 3.59. The molecule has 1 aliphatic carbocycles. The van der Waals surface area contributed by atoms with Crippen molar-refractivity contribution in [3.8, 4) is 0 Å². The minimum Gasteiger partial charge on any atom is -0.363 e. The number of aromatic nitrogens is 1. The van der Waals surface area contributed by atoms with Gasteiger partial charge >= 0.3 is 0 Å². The third-order valence-electron chi connectivity index (χ3n) is 5.76. The standard InChI is InChI=1S/C22H24N4O/c1-13-5-10-20(24-12-13)25-21-14(2)22(16-6-7-16)26(15(3)27)19-9-8-17(23-4)11-18(19)21/h5,8-12,14,16,21-22H,6-7H2,1-3H3,(H,24,25)/t14-,21-,22-/m1/s1. The van der Waals surface area contributed by atoms with Gasteiger partial charge in [-0.3, -0.25) is 4.79 Å². The molecule has 1 aromatic carbocycles. The van der Waals surface area contributed by atoms with Crippen LogP contribution in [-0.4, -0.2) is 16.9 Å². The molecule has 4 rings (SSSR count). The van der Waals surface area contributed by atoms with Crippen molar-refractivity contribution in [2.45, 2.75) is 45.7 Å². The van der Waals surface area contributed by atoms with Gasteiger partial charge in [0.15, 0.2) is 5.69 Å². The highest BCUT2D eigenvalue weighted by atomic mass is 16.2. The first-order chi connectivity index (χ1) is 13.0. The van der Waals surface area contributed by atoms with E-state index in [0.29, 0.717) is 11.6 Å². The molecule has 1 fully saturated rings. The van der Waals surface area contributed by atoms with Gasteiger partial charge < -0.3 is 10.2 Å². The van der Waals surface area contributed by atoms with Gasteiger partial charge in [0.1, 0.15) is 5.82 Å². The van der Waals surface area contributed by atoms with Crippen LogP contribution in [-0.2, 0) is 4.79 Å². The Morgan fingerprint density at radius 1 is 1.30 bits per heavy atom. The number of nitrogens with zero attached hydrogens (tertiary/aromatic N) is 3. The molecule has 27 heavy (non-hydrogen) atoms. The second kappa shape index (κ2) is 6.70. The second-order valence-electron chi connectivity index (χ2n) is 7.77. The monoisotopic (exact) mass is 360 g/mol. The highest BCUT2D eigenvalue weighted by Crippen LogP contribution is 2.50. The fraction of sp³-hybridized carbons (Fsp3) is 0.409. The van der Waals surface area contributed by atoms with E-state index in [-0.39, 0.29) is 23.9 Å². The molecule has 1 aliphatic heterocycles. The van der Waals surface area contributed by atoms with Crippen molar-refractivity contribution in [1.29, 1.82) is 0 Å². The van der Waals surface area contributed by atoms with Crippen molar-refractivity contribution >= 4 is 23.1 Å². The predicted molar refractivity (Wildman–Crippen MR) is 107 cm³/mol. The summed E-state index contributed by atoms with van der Waals surface area (Å²) in [6, 6.07) is 9.88. The Hall–Kier alpha value is -2.87. The first-order valence-corrected chi connectivity index (χ1v) is 9.50. The minimum absolute atomic E-state index is 0.0121. The van der Waals surface area contributed by atoms with Gasteiger partial charge in [-0.15, -0.1) is 0 Å². The van der Waals surface area contributed by atoms with Gasteiger partial charge in [0.25, 0.3) is 0 Å². The fourth-order valence-corrected chi connectivity index (χ4v) is 4.34.